The number of ether oxygens (including phenoxy) is 1. The Balaban J connectivity index is 2.43. The van der Waals surface area contributed by atoms with Crippen LogP contribution in [0, 0.1) is 11.9 Å². The molecule has 1 aromatic rings. The van der Waals surface area contributed by atoms with Crippen LogP contribution in [0.25, 0.3) is 0 Å². The Labute approximate surface area is 88.3 Å². The lowest BCUT2D eigenvalue weighted by Gasteiger charge is -2.06. The first-order valence-electron chi connectivity index (χ1n) is 4.88. The lowest BCUT2D eigenvalue weighted by molar-refractivity contribution is 0.0487. The molecule has 1 aromatic heterocycles. The van der Waals surface area contributed by atoms with E-state index in [-0.39, 0.29) is 5.56 Å². The van der Waals surface area contributed by atoms with Crippen LogP contribution in [0.3, 0.4) is 0 Å². The third-order valence-electron chi connectivity index (χ3n) is 1.89. The smallest absolute Gasteiger partial charge is 0.339 e. The summed E-state index contributed by atoms with van der Waals surface area (Å²) in [4.78, 5) is 14.7. The highest BCUT2D eigenvalue weighted by Gasteiger charge is 2.07. The van der Waals surface area contributed by atoms with Gasteiger partial charge < -0.3 is 4.74 Å². The molecule has 0 fully saturated rings. The SMILES string of the molecule is CC(C)CCOC(=O)c1ccc(F)nc1. The first-order chi connectivity index (χ1) is 7.09. The molecule has 0 aliphatic rings. The van der Waals surface area contributed by atoms with Crippen molar-refractivity contribution in [1.82, 2.24) is 4.98 Å². The molecule has 0 aliphatic heterocycles. The van der Waals surface area contributed by atoms with Gasteiger partial charge in [0, 0.05) is 6.20 Å². The molecule has 0 radical (unpaired) electrons. The zero-order chi connectivity index (χ0) is 11.3. The van der Waals surface area contributed by atoms with E-state index in [0.717, 1.165) is 12.5 Å². The van der Waals surface area contributed by atoms with Crippen molar-refractivity contribution in [3.63, 3.8) is 0 Å². The highest BCUT2D eigenvalue weighted by Crippen LogP contribution is 2.04. The summed E-state index contributed by atoms with van der Waals surface area (Å²) < 4.78 is 17.4. The highest BCUT2D eigenvalue weighted by molar-refractivity contribution is 5.88. The quantitative estimate of drug-likeness (QED) is 0.567. The molecular weight excluding hydrogens is 197 g/mol. The molecule has 0 N–H and O–H groups in total. The largest absolute Gasteiger partial charge is 0.462 e. The molecule has 0 unspecified atom stereocenters. The Kier molecular flexibility index (Phi) is 4.21. The molecule has 0 bridgehead atoms. The molecule has 0 spiro atoms. The van der Waals surface area contributed by atoms with E-state index in [1.165, 1.54) is 12.3 Å². The molecule has 1 rings (SSSR count). The van der Waals surface area contributed by atoms with E-state index < -0.39 is 11.9 Å². The van der Waals surface area contributed by atoms with Gasteiger partial charge in [-0.05, 0) is 24.5 Å². The zero-order valence-corrected chi connectivity index (χ0v) is 8.87. The van der Waals surface area contributed by atoms with Crippen LogP contribution >= 0.6 is 0 Å². The van der Waals surface area contributed by atoms with E-state index >= 15 is 0 Å². The van der Waals surface area contributed by atoms with Crippen molar-refractivity contribution in [3.05, 3.63) is 29.8 Å². The Morgan fingerprint density at radius 3 is 2.80 bits per heavy atom. The monoisotopic (exact) mass is 211 g/mol. The van der Waals surface area contributed by atoms with Crippen LogP contribution in [0.2, 0.25) is 0 Å². The second-order valence-corrected chi connectivity index (χ2v) is 3.69. The second-order valence-electron chi connectivity index (χ2n) is 3.69. The van der Waals surface area contributed by atoms with Crippen molar-refractivity contribution < 1.29 is 13.9 Å². The predicted octanol–water partition coefficient (Wildman–Crippen LogP) is 2.42. The zero-order valence-electron chi connectivity index (χ0n) is 8.87. The Morgan fingerprint density at radius 1 is 1.53 bits per heavy atom. The predicted molar refractivity (Wildman–Crippen MR) is 53.9 cm³/mol. The summed E-state index contributed by atoms with van der Waals surface area (Å²) in [7, 11) is 0. The number of pyridine rings is 1. The summed E-state index contributed by atoms with van der Waals surface area (Å²) >= 11 is 0. The lowest BCUT2D eigenvalue weighted by atomic mass is 10.1. The maximum atomic E-state index is 12.4. The molecule has 0 aromatic carbocycles. The Bertz CT molecular complexity index is 322. The van der Waals surface area contributed by atoms with Gasteiger partial charge in [0.05, 0.1) is 12.2 Å². The normalized spacial score (nSPS) is 10.4. The Hall–Kier alpha value is -1.45. The van der Waals surface area contributed by atoms with Crippen molar-refractivity contribution in [2.75, 3.05) is 6.61 Å². The molecule has 0 saturated carbocycles. The van der Waals surface area contributed by atoms with Crippen LogP contribution < -0.4 is 0 Å². The second kappa shape index (κ2) is 5.44. The fourth-order valence-corrected chi connectivity index (χ4v) is 0.967. The number of nitrogens with zero attached hydrogens (tertiary/aromatic N) is 1. The fraction of sp³-hybridized carbons (Fsp3) is 0.455. The number of hydrogen-bond acceptors (Lipinski definition) is 3. The third kappa shape index (κ3) is 4.06. The van der Waals surface area contributed by atoms with Gasteiger partial charge in [-0.1, -0.05) is 13.8 Å². The number of rotatable bonds is 4. The molecule has 0 amide bonds. The minimum absolute atomic E-state index is 0.278. The first kappa shape index (κ1) is 11.6. The molecular formula is C11H14FNO2. The van der Waals surface area contributed by atoms with E-state index in [1.54, 1.807) is 0 Å². The van der Waals surface area contributed by atoms with Crippen LogP contribution in [0.5, 0.6) is 0 Å². The van der Waals surface area contributed by atoms with Crippen molar-refractivity contribution in [1.29, 1.82) is 0 Å². The minimum Gasteiger partial charge on any atom is -0.462 e. The van der Waals surface area contributed by atoms with Gasteiger partial charge in [-0.15, -0.1) is 0 Å². The fourth-order valence-electron chi connectivity index (χ4n) is 0.967. The van der Waals surface area contributed by atoms with Crippen LogP contribution in [-0.4, -0.2) is 17.6 Å². The standard InChI is InChI=1S/C11H14FNO2/c1-8(2)5-6-15-11(14)9-3-4-10(12)13-7-9/h3-4,7-8H,5-6H2,1-2H3. The van der Waals surface area contributed by atoms with Crippen molar-refractivity contribution in [3.8, 4) is 0 Å². The molecule has 3 nitrogen and oxygen atoms in total. The number of carbonyl (C=O) groups is 1. The van der Waals surface area contributed by atoms with Crippen molar-refractivity contribution in [2.45, 2.75) is 20.3 Å². The van der Waals surface area contributed by atoms with Gasteiger partial charge >= 0.3 is 5.97 Å². The number of hydrogen-bond donors (Lipinski definition) is 0. The average Bonchev–Trinajstić information content (AvgIpc) is 2.18. The number of esters is 1. The van der Waals surface area contributed by atoms with Crippen LogP contribution in [0.4, 0.5) is 4.39 Å². The molecule has 1 heterocycles. The summed E-state index contributed by atoms with van der Waals surface area (Å²) in [5.41, 5.74) is 0.278. The van der Waals surface area contributed by atoms with Gasteiger partial charge in [0.15, 0.2) is 0 Å². The first-order valence-corrected chi connectivity index (χ1v) is 4.88. The van der Waals surface area contributed by atoms with E-state index in [2.05, 4.69) is 4.98 Å². The van der Waals surface area contributed by atoms with Crippen LogP contribution in [0.15, 0.2) is 18.3 Å². The molecule has 0 aliphatic carbocycles. The van der Waals surface area contributed by atoms with E-state index in [4.69, 9.17) is 4.74 Å². The van der Waals surface area contributed by atoms with Gasteiger partial charge in [-0.25, -0.2) is 9.78 Å². The van der Waals surface area contributed by atoms with Crippen molar-refractivity contribution in [2.24, 2.45) is 5.92 Å². The summed E-state index contributed by atoms with van der Waals surface area (Å²) in [5.74, 6) is -0.568. The average molecular weight is 211 g/mol. The molecule has 15 heavy (non-hydrogen) atoms. The third-order valence-corrected chi connectivity index (χ3v) is 1.89. The van der Waals surface area contributed by atoms with Gasteiger partial charge in [-0.3, -0.25) is 0 Å². The summed E-state index contributed by atoms with van der Waals surface area (Å²) in [6.45, 7) is 4.48. The van der Waals surface area contributed by atoms with Crippen LogP contribution in [0.1, 0.15) is 30.6 Å². The Morgan fingerprint density at radius 2 is 2.27 bits per heavy atom. The molecule has 82 valence electrons. The number of aromatic nitrogens is 1. The lowest BCUT2D eigenvalue weighted by Crippen LogP contribution is -2.08. The topological polar surface area (TPSA) is 39.2 Å². The van der Waals surface area contributed by atoms with E-state index in [0.29, 0.717) is 12.5 Å². The van der Waals surface area contributed by atoms with Gasteiger partial charge in [-0.2, -0.15) is 4.39 Å². The summed E-state index contributed by atoms with van der Waals surface area (Å²) in [6, 6.07) is 2.50. The van der Waals surface area contributed by atoms with E-state index in [1.807, 2.05) is 13.8 Å². The highest BCUT2D eigenvalue weighted by atomic mass is 19.1. The van der Waals surface area contributed by atoms with Gasteiger partial charge in [0.2, 0.25) is 5.95 Å². The number of carbonyl (C=O) groups excluding carboxylic acids is 1. The minimum atomic E-state index is -0.603. The van der Waals surface area contributed by atoms with Gasteiger partial charge in [0.25, 0.3) is 0 Å². The maximum Gasteiger partial charge on any atom is 0.339 e. The van der Waals surface area contributed by atoms with Crippen molar-refractivity contribution >= 4 is 5.97 Å². The van der Waals surface area contributed by atoms with Gasteiger partial charge in [0.1, 0.15) is 0 Å². The molecule has 0 saturated heterocycles. The number of halogens is 1. The maximum absolute atomic E-state index is 12.4. The van der Waals surface area contributed by atoms with E-state index in [9.17, 15) is 9.18 Å². The molecule has 4 heteroatoms. The summed E-state index contributed by atoms with van der Waals surface area (Å²) in [6.07, 6.45) is 1.99. The summed E-state index contributed by atoms with van der Waals surface area (Å²) in [5, 5.41) is 0. The van der Waals surface area contributed by atoms with Crippen LogP contribution in [-0.2, 0) is 4.74 Å². The molecule has 0 atom stereocenters.